The van der Waals surface area contributed by atoms with Crippen LogP contribution >= 0.6 is 11.3 Å². The third kappa shape index (κ3) is 3.50. The van der Waals surface area contributed by atoms with Gasteiger partial charge in [-0.3, -0.25) is 4.79 Å². The highest BCUT2D eigenvalue weighted by atomic mass is 32.2. The smallest absolute Gasteiger partial charge is 0.308 e. The first kappa shape index (κ1) is 14.1. The van der Waals surface area contributed by atoms with Gasteiger partial charge >= 0.3 is 5.97 Å². The Bertz CT molecular complexity index is 493. The second-order valence-corrected chi connectivity index (χ2v) is 6.78. The van der Waals surface area contributed by atoms with Crippen LogP contribution in [0.4, 0.5) is 0 Å². The highest BCUT2D eigenvalue weighted by Crippen LogP contribution is 2.24. The van der Waals surface area contributed by atoms with Gasteiger partial charge in [0.1, 0.15) is 4.21 Å². The minimum atomic E-state index is -3.62. The van der Waals surface area contributed by atoms with Gasteiger partial charge in [0.05, 0.1) is 13.0 Å². The van der Waals surface area contributed by atoms with Crippen molar-refractivity contribution < 1.29 is 23.4 Å². The molecule has 0 spiro atoms. The maximum absolute atomic E-state index is 11.9. The summed E-state index contributed by atoms with van der Waals surface area (Å²) in [6.07, 6.45) is -0.191. The lowest BCUT2D eigenvalue weighted by molar-refractivity contribution is -0.136. The Kier molecular flexibility index (Phi) is 4.63. The highest BCUT2D eigenvalue weighted by molar-refractivity contribution is 7.91. The van der Waals surface area contributed by atoms with Crippen molar-refractivity contribution in [1.82, 2.24) is 4.31 Å². The molecule has 0 aliphatic carbocycles. The SMILES string of the molecule is CN(CCO)S(=O)(=O)c1ccc(CC(=O)O)s1. The third-order valence-corrected chi connectivity index (χ3v) is 5.45. The maximum Gasteiger partial charge on any atom is 0.308 e. The molecular formula is C9H13NO5S2. The van der Waals surface area contributed by atoms with Crippen molar-refractivity contribution in [3.05, 3.63) is 17.0 Å². The summed E-state index contributed by atoms with van der Waals surface area (Å²) in [5.74, 6) is -1.00. The first-order chi connectivity index (χ1) is 7.87. The monoisotopic (exact) mass is 279 g/mol. The number of aliphatic hydroxyl groups excluding tert-OH is 1. The molecule has 2 N–H and O–H groups in total. The molecule has 96 valence electrons. The lowest BCUT2D eigenvalue weighted by Gasteiger charge is -2.13. The van der Waals surface area contributed by atoms with Crippen LogP contribution in [0.5, 0.6) is 0 Å². The van der Waals surface area contributed by atoms with Gasteiger partial charge in [-0.05, 0) is 12.1 Å². The van der Waals surface area contributed by atoms with Crippen molar-refractivity contribution in [1.29, 1.82) is 0 Å². The molecule has 1 aromatic rings. The van der Waals surface area contributed by atoms with E-state index >= 15 is 0 Å². The Labute approximate surface area is 103 Å². The van der Waals surface area contributed by atoms with Gasteiger partial charge in [0.25, 0.3) is 10.0 Å². The zero-order chi connectivity index (χ0) is 13.1. The van der Waals surface area contributed by atoms with Gasteiger partial charge in [0, 0.05) is 18.5 Å². The molecule has 0 radical (unpaired) electrons. The summed E-state index contributed by atoms with van der Waals surface area (Å²) in [6, 6.07) is 2.87. The maximum atomic E-state index is 11.9. The standard InChI is InChI=1S/C9H13NO5S2/c1-10(4-5-11)17(14,15)9-3-2-7(16-9)6-8(12)13/h2-3,11H,4-6H2,1H3,(H,12,13). The Hall–Kier alpha value is -0.960. The number of rotatable bonds is 6. The van der Waals surface area contributed by atoms with Crippen LogP contribution in [0.2, 0.25) is 0 Å². The number of carboxylic acid groups (broad SMARTS) is 1. The van der Waals surface area contributed by atoms with Gasteiger partial charge in [-0.15, -0.1) is 11.3 Å². The first-order valence-corrected chi connectivity index (χ1v) is 7.01. The number of carboxylic acids is 1. The average Bonchev–Trinajstić information content (AvgIpc) is 2.66. The molecule has 0 bridgehead atoms. The summed E-state index contributed by atoms with van der Waals surface area (Å²) in [7, 11) is -2.25. The van der Waals surface area contributed by atoms with E-state index in [1.807, 2.05) is 0 Å². The fourth-order valence-electron chi connectivity index (χ4n) is 1.16. The molecule has 0 aliphatic rings. The highest BCUT2D eigenvalue weighted by Gasteiger charge is 2.22. The number of nitrogens with zero attached hydrogens (tertiary/aromatic N) is 1. The van der Waals surface area contributed by atoms with E-state index in [1.165, 1.54) is 19.2 Å². The fraction of sp³-hybridized carbons (Fsp3) is 0.444. The molecule has 8 heteroatoms. The van der Waals surface area contributed by atoms with E-state index in [0.717, 1.165) is 15.6 Å². The lowest BCUT2D eigenvalue weighted by Crippen LogP contribution is -2.29. The quantitative estimate of drug-likeness (QED) is 0.763. The Balaban J connectivity index is 2.92. The summed E-state index contributed by atoms with van der Waals surface area (Å²) in [5.41, 5.74) is 0. The van der Waals surface area contributed by atoms with Gasteiger partial charge < -0.3 is 10.2 Å². The zero-order valence-electron chi connectivity index (χ0n) is 9.16. The molecule has 0 aliphatic heterocycles. The number of hydrogen-bond acceptors (Lipinski definition) is 5. The summed E-state index contributed by atoms with van der Waals surface area (Å²) < 4.78 is 24.9. The van der Waals surface area contributed by atoms with E-state index in [-0.39, 0.29) is 23.8 Å². The van der Waals surface area contributed by atoms with E-state index in [0.29, 0.717) is 4.88 Å². The second-order valence-electron chi connectivity index (χ2n) is 3.34. The van der Waals surface area contributed by atoms with Crippen LogP contribution in [0, 0.1) is 0 Å². The molecular weight excluding hydrogens is 266 g/mol. The molecule has 1 rings (SSSR count). The first-order valence-electron chi connectivity index (χ1n) is 4.75. The molecule has 0 saturated carbocycles. The molecule has 17 heavy (non-hydrogen) atoms. The summed E-state index contributed by atoms with van der Waals surface area (Å²) in [6.45, 7) is -0.252. The van der Waals surface area contributed by atoms with Crippen LogP contribution in [0.15, 0.2) is 16.3 Å². The van der Waals surface area contributed by atoms with Crippen LogP contribution in [-0.2, 0) is 21.2 Å². The van der Waals surface area contributed by atoms with Gasteiger partial charge in [0.15, 0.2) is 0 Å². The van der Waals surface area contributed by atoms with Crippen molar-refractivity contribution in [3.8, 4) is 0 Å². The van der Waals surface area contributed by atoms with Crippen molar-refractivity contribution in [2.75, 3.05) is 20.2 Å². The number of likely N-dealkylation sites (N-methyl/N-ethyl adjacent to an activating group) is 1. The second kappa shape index (κ2) is 5.58. The van der Waals surface area contributed by atoms with Crippen LogP contribution in [-0.4, -0.2) is 49.1 Å². The topological polar surface area (TPSA) is 94.9 Å². The molecule has 1 aromatic heterocycles. The van der Waals surface area contributed by atoms with Crippen molar-refractivity contribution >= 4 is 27.3 Å². The van der Waals surface area contributed by atoms with E-state index in [4.69, 9.17) is 10.2 Å². The molecule has 0 atom stereocenters. The fourth-order valence-corrected chi connectivity index (χ4v) is 3.88. The molecule has 0 aromatic carbocycles. The van der Waals surface area contributed by atoms with Gasteiger partial charge in [0.2, 0.25) is 0 Å². The van der Waals surface area contributed by atoms with Crippen LogP contribution in [0.1, 0.15) is 4.88 Å². The number of hydrogen-bond donors (Lipinski definition) is 2. The van der Waals surface area contributed by atoms with E-state index in [9.17, 15) is 13.2 Å². The Morgan fingerprint density at radius 1 is 1.47 bits per heavy atom. The van der Waals surface area contributed by atoms with E-state index < -0.39 is 16.0 Å². The predicted octanol–water partition coefficient (Wildman–Crippen LogP) is -0.0120. The van der Waals surface area contributed by atoms with Crippen LogP contribution in [0.25, 0.3) is 0 Å². The largest absolute Gasteiger partial charge is 0.481 e. The Morgan fingerprint density at radius 2 is 2.12 bits per heavy atom. The number of carbonyl (C=O) groups is 1. The lowest BCUT2D eigenvalue weighted by atomic mass is 10.3. The van der Waals surface area contributed by atoms with Crippen molar-refractivity contribution in [3.63, 3.8) is 0 Å². The minimum Gasteiger partial charge on any atom is -0.481 e. The molecule has 0 fully saturated rings. The zero-order valence-corrected chi connectivity index (χ0v) is 10.8. The normalized spacial score (nSPS) is 11.9. The molecule has 6 nitrogen and oxygen atoms in total. The summed E-state index contributed by atoms with van der Waals surface area (Å²) in [4.78, 5) is 11.0. The molecule has 0 amide bonds. The number of aliphatic hydroxyl groups is 1. The number of sulfonamides is 1. The number of aliphatic carboxylic acids is 1. The molecule has 1 heterocycles. The summed E-state index contributed by atoms with van der Waals surface area (Å²) >= 11 is 0.930. The number of thiophene rings is 1. The van der Waals surface area contributed by atoms with Crippen molar-refractivity contribution in [2.45, 2.75) is 10.6 Å². The van der Waals surface area contributed by atoms with Gasteiger partial charge in [-0.1, -0.05) is 0 Å². The molecule has 0 unspecified atom stereocenters. The summed E-state index contributed by atoms with van der Waals surface area (Å²) in [5, 5.41) is 17.3. The van der Waals surface area contributed by atoms with Gasteiger partial charge in [-0.25, -0.2) is 8.42 Å². The minimum absolute atomic E-state index is 0.00843. The van der Waals surface area contributed by atoms with Crippen molar-refractivity contribution in [2.24, 2.45) is 0 Å². The van der Waals surface area contributed by atoms with E-state index in [2.05, 4.69) is 0 Å². The predicted molar refractivity (Wildman–Crippen MR) is 62.6 cm³/mol. The van der Waals surface area contributed by atoms with Crippen LogP contribution < -0.4 is 0 Å². The average molecular weight is 279 g/mol. The van der Waals surface area contributed by atoms with Crippen LogP contribution in [0.3, 0.4) is 0 Å². The Morgan fingerprint density at radius 3 is 2.65 bits per heavy atom. The van der Waals surface area contributed by atoms with E-state index in [1.54, 1.807) is 0 Å². The molecule has 0 saturated heterocycles. The third-order valence-electron chi connectivity index (χ3n) is 2.04. The van der Waals surface area contributed by atoms with Gasteiger partial charge in [-0.2, -0.15) is 4.31 Å².